The maximum absolute atomic E-state index is 12.9. The molecule has 0 aliphatic heterocycles. The molecule has 0 spiro atoms. The highest BCUT2D eigenvalue weighted by Crippen LogP contribution is 2.22. The summed E-state index contributed by atoms with van der Waals surface area (Å²) >= 11 is 5.62. The first kappa shape index (κ1) is 6.61. The van der Waals surface area contributed by atoms with Gasteiger partial charge in [-0.05, 0) is 12.1 Å². The highest BCUT2D eigenvalue weighted by atomic mass is 35.5. The molecule has 2 rings (SSSR count). The van der Waals surface area contributed by atoms with Crippen LogP contribution in [0.2, 0.25) is 5.15 Å². The van der Waals surface area contributed by atoms with Crippen LogP contribution in [0.5, 0.6) is 0 Å². The number of H-pyrrole nitrogens is 1. The summed E-state index contributed by atoms with van der Waals surface area (Å²) in [4.78, 5) is 0. The normalized spacial score (nSPS) is 10.7. The Morgan fingerprint density at radius 3 is 3.00 bits per heavy atom. The summed E-state index contributed by atoms with van der Waals surface area (Å²) in [5, 5.41) is 6.88. The highest BCUT2D eigenvalue weighted by molar-refractivity contribution is 6.34. The minimum atomic E-state index is -0.346. The molecule has 0 aliphatic rings. The lowest BCUT2D eigenvalue weighted by Crippen LogP contribution is -1.73. The van der Waals surface area contributed by atoms with Crippen molar-refractivity contribution in [3.05, 3.63) is 29.2 Å². The molecule has 1 heterocycles. The van der Waals surface area contributed by atoms with Crippen molar-refractivity contribution in [2.75, 3.05) is 0 Å². The van der Waals surface area contributed by atoms with Gasteiger partial charge in [0.1, 0.15) is 11.0 Å². The second-order valence-electron chi connectivity index (χ2n) is 2.17. The van der Waals surface area contributed by atoms with Gasteiger partial charge in [0.25, 0.3) is 0 Å². The number of nitrogens with one attached hydrogen (secondary N) is 1. The van der Waals surface area contributed by atoms with Crippen molar-refractivity contribution in [2.45, 2.75) is 0 Å². The summed E-state index contributed by atoms with van der Waals surface area (Å²) < 4.78 is 12.9. The standard InChI is InChI=1S/C7H4ClFN2/c8-7-6-4(9)2-1-3-5(6)10-11-7/h1-3H,(H,10,11). The van der Waals surface area contributed by atoms with Gasteiger partial charge in [-0.1, -0.05) is 17.7 Å². The van der Waals surface area contributed by atoms with E-state index in [4.69, 9.17) is 11.6 Å². The molecule has 0 radical (unpaired) electrons. The van der Waals surface area contributed by atoms with E-state index in [1.54, 1.807) is 12.1 Å². The average Bonchev–Trinajstić information content (AvgIpc) is 2.34. The van der Waals surface area contributed by atoms with Gasteiger partial charge >= 0.3 is 0 Å². The molecule has 0 atom stereocenters. The Balaban J connectivity index is 2.96. The van der Waals surface area contributed by atoms with E-state index in [-0.39, 0.29) is 11.0 Å². The monoisotopic (exact) mass is 170 g/mol. The fourth-order valence-corrected chi connectivity index (χ4v) is 1.22. The number of rotatable bonds is 0. The van der Waals surface area contributed by atoms with Crippen LogP contribution < -0.4 is 0 Å². The van der Waals surface area contributed by atoms with Crippen LogP contribution in [0, 0.1) is 5.82 Å². The fourth-order valence-electron chi connectivity index (χ4n) is 0.988. The first-order valence-corrected chi connectivity index (χ1v) is 3.45. The third-order valence-corrected chi connectivity index (χ3v) is 1.76. The molecular weight excluding hydrogens is 167 g/mol. The van der Waals surface area contributed by atoms with Gasteiger partial charge in [0.05, 0.1) is 10.9 Å². The van der Waals surface area contributed by atoms with Gasteiger partial charge in [0.2, 0.25) is 0 Å². The van der Waals surface area contributed by atoms with Crippen molar-refractivity contribution in [3.63, 3.8) is 0 Å². The van der Waals surface area contributed by atoms with Gasteiger partial charge in [0, 0.05) is 0 Å². The van der Waals surface area contributed by atoms with Crippen LogP contribution in [0.4, 0.5) is 4.39 Å². The molecule has 4 heteroatoms. The van der Waals surface area contributed by atoms with Crippen LogP contribution in [0.15, 0.2) is 18.2 Å². The van der Waals surface area contributed by atoms with E-state index in [2.05, 4.69) is 10.2 Å². The minimum absolute atomic E-state index is 0.248. The molecule has 0 amide bonds. The largest absolute Gasteiger partial charge is 0.266 e. The van der Waals surface area contributed by atoms with Crippen LogP contribution in [-0.4, -0.2) is 10.2 Å². The predicted octanol–water partition coefficient (Wildman–Crippen LogP) is 2.36. The van der Waals surface area contributed by atoms with Crippen LogP contribution >= 0.6 is 11.6 Å². The van der Waals surface area contributed by atoms with Gasteiger partial charge in [-0.2, -0.15) is 5.10 Å². The van der Waals surface area contributed by atoms with E-state index in [0.29, 0.717) is 10.9 Å². The van der Waals surface area contributed by atoms with E-state index < -0.39 is 0 Å². The van der Waals surface area contributed by atoms with Crippen molar-refractivity contribution in [1.82, 2.24) is 10.2 Å². The Morgan fingerprint density at radius 1 is 1.45 bits per heavy atom. The summed E-state index contributed by atoms with van der Waals surface area (Å²) in [6, 6.07) is 4.64. The predicted molar refractivity (Wildman–Crippen MR) is 41.1 cm³/mol. The van der Waals surface area contributed by atoms with Gasteiger partial charge in [-0.15, -0.1) is 0 Å². The number of benzene rings is 1. The number of aromatic nitrogens is 2. The van der Waals surface area contributed by atoms with Crippen molar-refractivity contribution in [3.8, 4) is 0 Å². The molecule has 1 aromatic carbocycles. The summed E-state index contributed by atoms with van der Waals surface area (Å²) in [5.41, 5.74) is 0.551. The lowest BCUT2D eigenvalue weighted by molar-refractivity contribution is 0.640. The van der Waals surface area contributed by atoms with E-state index >= 15 is 0 Å². The van der Waals surface area contributed by atoms with E-state index in [0.717, 1.165) is 0 Å². The number of fused-ring (bicyclic) bond motifs is 1. The van der Waals surface area contributed by atoms with Gasteiger partial charge < -0.3 is 0 Å². The van der Waals surface area contributed by atoms with Gasteiger partial charge in [-0.25, -0.2) is 4.39 Å². The lowest BCUT2D eigenvalue weighted by Gasteiger charge is -1.88. The SMILES string of the molecule is Fc1cccc2n[nH]c(Cl)c12. The Kier molecular flexibility index (Phi) is 1.32. The number of hydrogen-bond donors (Lipinski definition) is 1. The Bertz CT molecular complexity index is 396. The molecule has 2 nitrogen and oxygen atoms in total. The molecule has 0 saturated heterocycles. The third-order valence-electron chi connectivity index (χ3n) is 1.49. The molecule has 0 saturated carbocycles. The molecule has 0 fully saturated rings. The molecule has 11 heavy (non-hydrogen) atoms. The maximum atomic E-state index is 12.9. The summed E-state index contributed by atoms with van der Waals surface area (Å²) in [6.45, 7) is 0. The fraction of sp³-hybridized carbons (Fsp3) is 0. The van der Waals surface area contributed by atoms with Crippen LogP contribution in [0.3, 0.4) is 0 Å². The molecule has 0 aliphatic carbocycles. The first-order valence-electron chi connectivity index (χ1n) is 3.07. The van der Waals surface area contributed by atoms with Crippen molar-refractivity contribution >= 4 is 22.5 Å². The number of nitrogens with zero attached hydrogens (tertiary/aromatic N) is 1. The van der Waals surface area contributed by atoms with Crippen LogP contribution in [-0.2, 0) is 0 Å². The quantitative estimate of drug-likeness (QED) is 0.646. The molecule has 0 unspecified atom stereocenters. The zero-order valence-electron chi connectivity index (χ0n) is 5.44. The maximum Gasteiger partial charge on any atom is 0.135 e. The van der Waals surface area contributed by atoms with Crippen molar-refractivity contribution in [2.24, 2.45) is 0 Å². The number of halogens is 2. The molecule has 0 bridgehead atoms. The molecular formula is C7H4ClFN2. The zero-order chi connectivity index (χ0) is 7.84. The van der Waals surface area contributed by atoms with Crippen LogP contribution in [0.1, 0.15) is 0 Å². The third kappa shape index (κ3) is 0.886. The molecule has 2 aromatic rings. The summed E-state index contributed by atoms with van der Waals surface area (Å²) in [6.07, 6.45) is 0. The van der Waals surface area contributed by atoms with E-state index in [1.807, 2.05) is 0 Å². The average molecular weight is 171 g/mol. The molecule has 1 N–H and O–H groups in total. The molecule has 56 valence electrons. The number of hydrogen-bond acceptors (Lipinski definition) is 1. The van der Waals surface area contributed by atoms with E-state index in [9.17, 15) is 4.39 Å². The van der Waals surface area contributed by atoms with Crippen molar-refractivity contribution in [1.29, 1.82) is 0 Å². The lowest BCUT2D eigenvalue weighted by atomic mass is 10.2. The van der Waals surface area contributed by atoms with Gasteiger partial charge in [-0.3, -0.25) is 5.10 Å². The number of aromatic amines is 1. The Labute approximate surface area is 67.0 Å². The Hall–Kier alpha value is -1.09. The second-order valence-corrected chi connectivity index (χ2v) is 2.55. The van der Waals surface area contributed by atoms with Gasteiger partial charge in [0.15, 0.2) is 0 Å². The zero-order valence-corrected chi connectivity index (χ0v) is 6.19. The summed E-state index contributed by atoms with van der Waals surface area (Å²) in [7, 11) is 0. The minimum Gasteiger partial charge on any atom is -0.266 e. The topological polar surface area (TPSA) is 28.7 Å². The highest BCUT2D eigenvalue weighted by Gasteiger charge is 2.06. The van der Waals surface area contributed by atoms with Crippen LogP contribution in [0.25, 0.3) is 10.9 Å². The second kappa shape index (κ2) is 2.20. The van der Waals surface area contributed by atoms with E-state index in [1.165, 1.54) is 6.07 Å². The van der Waals surface area contributed by atoms with Crippen molar-refractivity contribution < 1.29 is 4.39 Å². The first-order chi connectivity index (χ1) is 5.29. The Morgan fingerprint density at radius 2 is 2.27 bits per heavy atom. The smallest absolute Gasteiger partial charge is 0.135 e. The summed E-state index contributed by atoms with van der Waals surface area (Å²) in [5.74, 6) is -0.346. The molecule has 1 aromatic heterocycles.